The van der Waals surface area contributed by atoms with Crippen LogP contribution >= 0.6 is 0 Å². The maximum absolute atomic E-state index is 5.07. The van der Waals surface area contributed by atoms with Crippen molar-refractivity contribution in [3.05, 3.63) is 18.0 Å². The number of fused-ring (bicyclic) bond motifs is 1. The molecule has 1 aliphatic rings. The van der Waals surface area contributed by atoms with Gasteiger partial charge in [0.05, 0.1) is 7.11 Å². The molecular formula is C9H11N5O. The average molecular weight is 205 g/mol. The third-order valence-corrected chi connectivity index (χ3v) is 2.62. The van der Waals surface area contributed by atoms with E-state index in [4.69, 9.17) is 4.74 Å². The SMILES string of the molecule is COc1ccc2nnc(C3CNC3)n2n1. The molecule has 2 aromatic heterocycles. The highest BCUT2D eigenvalue weighted by Crippen LogP contribution is 2.18. The highest BCUT2D eigenvalue weighted by Gasteiger charge is 2.24. The van der Waals surface area contributed by atoms with Crippen LogP contribution in [0.15, 0.2) is 12.1 Å². The van der Waals surface area contributed by atoms with Crippen molar-refractivity contribution in [2.24, 2.45) is 0 Å². The van der Waals surface area contributed by atoms with Crippen molar-refractivity contribution in [3.8, 4) is 5.88 Å². The smallest absolute Gasteiger partial charge is 0.231 e. The third-order valence-electron chi connectivity index (χ3n) is 2.62. The van der Waals surface area contributed by atoms with Crippen LogP contribution in [-0.4, -0.2) is 40.0 Å². The third kappa shape index (κ3) is 1.25. The molecular weight excluding hydrogens is 194 g/mol. The lowest BCUT2D eigenvalue weighted by Crippen LogP contribution is -2.41. The van der Waals surface area contributed by atoms with Crippen LogP contribution in [0.3, 0.4) is 0 Å². The first kappa shape index (κ1) is 8.60. The molecule has 0 amide bonds. The summed E-state index contributed by atoms with van der Waals surface area (Å²) < 4.78 is 6.83. The summed E-state index contributed by atoms with van der Waals surface area (Å²) in [6.45, 7) is 1.89. The average Bonchev–Trinajstić information content (AvgIpc) is 2.59. The van der Waals surface area contributed by atoms with Crippen LogP contribution in [0.2, 0.25) is 0 Å². The first-order chi connectivity index (χ1) is 7.38. The second-order valence-corrected chi connectivity index (χ2v) is 3.56. The number of hydrogen-bond acceptors (Lipinski definition) is 5. The van der Waals surface area contributed by atoms with Gasteiger partial charge in [0.25, 0.3) is 0 Å². The van der Waals surface area contributed by atoms with Crippen molar-refractivity contribution in [2.75, 3.05) is 20.2 Å². The van der Waals surface area contributed by atoms with Gasteiger partial charge in [-0.2, -0.15) is 4.52 Å². The Hall–Kier alpha value is -1.69. The van der Waals surface area contributed by atoms with Crippen LogP contribution in [0.4, 0.5) is 0 Å². The fourth-order valence-corrected chi connectivity index (χ4v) is 1.62. The van der Waals surface area contributed by atoms with E-state index < -0.39 is 0 Å². The van der Waals surface area contributed by atoms with E-state index in [1.807, 2.05) is 6.07 Å². The van der Waals surface area contributed by atoms with Crippen molar-refractivity contribution in [3.63, 3.8) is 0 Å². The predicted octanol–water partition coefficient (Wildman–Crippen LogP) is -0.180. The molecule has 1 saturated heterocycles. The lowest BCUT2D eigenvalue weighted by Gasteiger charge is -2.24. The Morgan fingerprint density at radius 3 is 2.93 bits per heavy atom. The van der Waals surface area contributed by atoms with Gasteiger partial charge in [0.1, 0.15) is 0 Å². The first-order valence-corrected chi connectivity index (χ1v) is 4.85. The Balaban J connectivity index is 2.13. The highest BCUT2D eigenvalue weighted by atomic mass is 16.5. The van der Waals surface area contributed by atoms with Gasteiger partial charge in [0, 0.05) is 25.1 Å². The molecule has 0 bridgehead atoms. The van der Waals surface area contributed by atoms with E-state index in [2.05, 4.69) is 20.6 Å². The van der Waals surface area contributed by atoms with E-state index >= 15 is 0 Å². The number of nitrogens with zero attached hydrogens (tertiary/aromatic N) is 4. The molecule has 6 heteroatoms. The maximum atomic E-state index is 5.07. The van der Waals surface area contributed by atoms with E-state index in [-0.39, 0.29) is 0 Å². The quantitative estimate of drug-likeness (QED) is 0.736. The Bertz CT molecular complexity index is 490. The first-order valence-electron chi connectivity index (χ1n) is 4.85. The number of ether oxygens (including phenoxy) is 1. The summed E-state index contributed by atoms with van der Waals surface area (Å²) in [5.74, 6) is 1.90. The number of rotatable bonds is 2. The minimum Gasteiger partial charge on any atom is -0.480 e. The van der Waals surface area contributed by atoms with Gasteiger partial charge in [-0.25, -0.2) is 0 Å². The second kappa shape index (κ2) is 3.16. The standard InChI is InChI=1S/C9H11N5O/c1-15-8-3-2-7-11-12-9(14(7)13-8)6-4-10-5-6/h2-3,6,10H,4-5H2,1H3. The fourth-order valence-electron chi connectivity index (χ4n) is 1.62. The Kier molecular flexibility index (Phi) is 1.81. The van der Waals surface area contributed by atoms with Gasteiger partial charge < -0.3 is 10.1 Å². The molecule has 1 fully saturated rings. The summed E-state index contributed by atoms with van der Waals surface area (Å²) in [4.78, 5) is 0. The van der Waals surface area contributed by atoms with Gasteiger partial charge in [-0.15, -0.1) is 15.3 Å². The van der Waals surface area contributed by atoms with Crippen molar-refractivity contribution >= 4 is 5.65 Å². The van der Waals surface area contributed by atoms with E-state index in [0.29, 0.717) is 11.8 Å². The van der Waals surface area contributed by atoms with Gasteiger partial charge >= 0.3 is 0 Å². The van der Waals surface area contributed by atoms with E-state index in [0.717, 1.165) is 24.6 Å². The topological polar surface area (TPSA) is 64.3 Å². The molecule has 2 aromatic rings. The molecule has 1 aliphatic heterocycles. The Labute approximate surface area is 86.3 Å². The monoisotopic (exact) mass is 205 g/mol. The molecule has 0 unspecified atom stereocenters. The molecule has 3 rings (SSSR count). The fraction of sp³-hybridized carbons (Fsp3) is 0.444. The molecule has 0 aromatic carbocycles. The predicted molar refractivity (Wildman–Crippen MR) is 52.9 cm³/mol. The Morgan fingerprint density at radius 2 is 2.27 bits per heavy atom. The molecule has 3 heterocycles. The van der Waals surface area contributed by atoms with E-state index in [1.54, 1.807) is 17.7 Å². The van der Waals surface area contributed by atoms with E-state index in [9.17, 15) is 0 Å². The molecule has 1 N–H and O–H groups in total. The zero-order valence-electron chi connectivity index (χ0n) is 8.34. The van der Waals surface area contributed by atoms with Gasteiger partial charge in [-0.1, -0.05) is 0 Å². The van der Waals surface area contributed by atoms with Gasteiger partial charge in [-0.3, -0.25) is 0 Å². The van der Waals surface area contributed by atoms with Crippen molar-refractivity contribution in [2.45, 2.75) is 5.92 Å². The lowest BCUT2D eigenvalue weighted by atomic mass is 10.0. The molecule has 0 atom stereocenters. The van der Waals surface area contributed by atoms with Gasteiger partial charge in [0.2, 0.25) is 5.88 Å². The van der Waals surface area contributed by atoms with Crippen molar-refractivity contribution < 1.29 is 4.74 Å². The van der Waals surface area contributed by atoms with Gasteiger partial charge in [-0.05, 0) is 6.07 Å². The lowest BCUT2D eigenvalue weighted by molar-refractivity contribution is 0.383. The van der Waals surface area contributed by atoms with E-state index in [1.165, 1.54) is 0 Å². The van der Waals surface area contributed by atoms with Crippen LogP contribution < -0.4 is 10.1 Å². The zero-order chi connectivity index (χ0) is 10.3. The molecule has 0 saturated carbocycles. The number of methoxy groups -OCH3 is 1. The summed E-state index contributed by atoms with van der Waals surface area (Å²) in [6.07, 6.45) is 0. The molecule has 15 heavy (non-hydrogen) atoms. The summed E-state index contributed by atoms with van der Waals surface area (Å²) in [7, 11) is 1.60. The van der Waals surface area contributed by atoms with Crippen LogP contribution in [-0.2, 0) is 0 Å². The van der Waals surface area contributed by atoms with Crippen LogP contribution in [0.25, 0.3) is 5.65 Å². The molecule has 78 valence electrons. The minimum absolute atomic E-state index is 0.416. The number of hydrogen-bond donors (Lipinski definition) is 1. The van der Waals surface area contributed by atoms with Crippen LogP contribution in [0.1, 0.15) is 11.7 Å². The minimum atomic E-state index is 0.416. The molecule has 6 nitrogen and oxygen atoms in total. The van der Waals surface area contributed by atoms with Crippen LogP contribution in [0, 0.1) is 0 Å². The summed E-state index contributed by atoms with van der Waals surface area (Å²) in [6, 6.07) is 3.64. The second-order valence-electron chi connectivity index (χ2n) is 3.56. The Morgan fingerprint density at radius 1 is 1.40 bits per heavy atom. The maximum Gasteiger partial charge on any atom is 0.231 e. The largest absolute Gasteiger partial charge is 0.480 e. The molecule has 0 radical (unpaired) electrons. The summed E-state index contributed by atoms with van der Waals surface area (Å²) in [5, 5.41) is 15.7. The summed E-state index contributed by atoms with van der Waals surface area (Å²) in [5.41, 5.74) is 0.762. The number of nitrogens with one attached hydrogen (secondary N) is 1. The molecule has 0 aliphatic carbocycles. The van der Waals surface area contributed by atoms with Crippen molar-refractivity contribution in [1.82, 2.24) is 25.1 Å². The van der Waals surface area contributed by atoms with Crippen molar-refractivity contribution in [1.29, 1.82) is 0 Å². The normalized spacial score (nSPS) is 16.6. The highest BCUT2D eigenvalue weighted by molar-refractivity contribution is 5.38. The molecule has 0 spiro atoms. The van der Waals surface area contributed by atoms with Crippen LogP contribution in [0.5, 0.6) is 5.88 Å². The zero-order valence-corrected chi connectivity index (χ0v) is 8.34. The summed E-state index contributed by atoms with van der Waals surface area (Å²) >= 11 is 0. The van der Waals surface area contributed by atoms with Gasteiger partial charge in [0.15, 0.2) is 11.5 Å². The number of aromatic nitrogens is 4.